The number of sulfonamides is 1. The number of carbonyl (C=O) groups excluding carboxylic acids is 1. The molecule has 0 N–H and O–H groups in total. The van der Waals surface area contributed by atoms with Crippen LogP contribution in [0.15, 0.2) is 53.4 Å². The number of nitrogens with zero attached hydrogens (tertiary/aromatic N) is 4. The Balaban J connectivity index is 1.65. The fraction of sp³-hybridized carbons (Fsp3) is 0.391. The molecule has 3 rings (SSSR count). The van der Waals surface area contributed by atoms with Crippen LogP contribution in [0.1, 0.15) is 17.5 Å². The molecule has 0 atom stereocenters. The van der Waals surface area contributed by atoms with Crippen molar-refractivity contribution in [2.45, 2.75) is 25.2 Å². The first-order valence-corrected chi connectivity index (χ1v) is 11.8. The highest BCUT2D eigenvalue weighted by atomic mass is 32.2. The molecule has 0 radical (unpaired) electrons. The van der Waals surface area contributed by atoms with Crippen molar-refractivity contribution in [3.63, 3.8) is 0 Å². The third-order valence-electron chi connectivity index (χ3n) is 5.34. The lowest BCUT2D eigenvalue weighted by molar-refractivity contribution is -0.120. The molecular formula is C23H28N4O3S. The van der Waals surface area contributed by atoms with Crippen LogP contribution >= 0.6 is 0 Å². The van der Waals surface area contributed by atoms with Crippen LogP contribution in [0.3, 0.4) is 0 Å². The maximum absolute atomic E-state index is 13.1. The van der Waals surface area contributed by atoms with Gasteiger partial charge in [0.25, 0.3) is 0 Å². The predicted octanol–water partition coefficient (Wildman–Crippen LogP) is 2.56. The van der Waals surface area contributed by atoms with E-state index >= 15 is 0 Å². The van der Waals surface area contributed by atoms with E-state index in [4.69, 9.17) is 5.26 Å². The minimum atomic E-state index is -3.52. The van der Waals surface area contributed by atoms with Crippen LogP contribution in [-0.4, -0.2) is 62.8 Å². The van der Waals surface area contributed by atoms with Crippen LogP contribution in [0.4, 0.5) is 5.69 Å². The molecule has 0 saturated carbocycles. The van der Waals surface area contributed by atoms with Gasteiger partial charge >= 0.3 is 0 Å². The zero-order chi connectivity index (χ0) is 22.4. The molecule has 2 aromatic carbocycles. The Morgan fingerprint density at radius 2 is 1.65 bits per heavy atom. The van der Waals surface area contributed by atoms with E-state index in [-0.39, 0.29) is 23.8 Å². The number of rotatable bonds is 7. The molecule has 1 amide bonds. The van der Waals surface area contributed by atoms with E-state index in [2.05, 4.69) is 6.07 Å². The predicted molar refractivity (Wildman–Crippen MR) is 120 cm³/mol. The Hall–Kier alpha value is -2.73. The maximum atomic E-state index is 13.1. The van der Waals surface area contributed by atoms with Gasteiger partial charge in [0.2, 0.25) is 15.9 Å². The highest BCUT2D eigenvalue weighted by Gasteiger charge is 2.29. The molecule has 0 spiro atoms. The van der Waals surface area contributed by atoms with E-state index < -0.39 is 10.0 Å². The first-order valence-electron chi connectivity index (χ1n) is 10.3. The minimum Gasteiger partial charge on any atom is -0.310 e. The Kier molecular flexibility index (Phi) is 7.44. The minimum absolute atomic E-state index is 0.0837. The van der Waals surface area contributed by atoms with Crippen molar-refractivity contribution in [2.75, 3.05) is 44.2 Å². The fourth-order valence-electron chi connectivity index (χ4n) is 3.81. The summed E-state index contributed by atoms with van der Waals surface area (Å²) in [5.74, 6) is -0.0837. The molecule has 0 bridgehead atoms. The summed E-state index contributed by atoms with van der Waals surface area (Å²) in [5.41, 5.74) is 2.91. The van der Waals surface area contributed by atoms with Crippen molar-refractivity contribution in [3.8, 4) is 6.07 Å². The number of benzene rings is 2. The Morgan fingerprint density at radius 1 is 1.03 bits per heavy atom. The van der Waals surface area contributed by atoms with Gasteiger partial charge < -0.3 is 4.90 Å². The topological polar surface area (TPSA) is 84.7 Å². The summed E-state index contributed by atoms with van der Waals surface area (Å²) >= 11 is 0. The number of aryl methyl sites for hydroxylation is 2. The average molecular weight is 441 g/mol. The zero-order valence-corrected chi connectivity index (χ0v) is 18.8. The second-order valence-electron chi connectivity index (χ2n) is 7.79. The van der Waals surface area contributed by atoms with Gasteiger partial charge in [-0.05, 0) is 49.2 Å². The van der Waals surface area contributed by atoms with Gasteiger partial charge in [-0.2, -0.15) is 9.57 Å². The van der Waals surface area contributed by atoms with E-state index in [9.17, 15) is 13.2 Å². The normalized spacial score (nSPS) is 15.4. The summed E-state index contributed by atoms with van der Waals surface area (Å²) in [6, 6.07) is 16.5. The van der Waals surface area contributed by atoms with Crippen molar-refractivity contribution in [2.24, 2.45) is 0 Å². The van der Waals surface area contributed by atoms with Crippen LogP contribution in [0.25, 0.3) is 0 Å². The molecule has 1 heterocycles. The lowest BCUT2D eigenvalue weighted by atomic mass is 10.1. The molecule has 2 aromatic rings. The molecule has 0 aliphatic carbocycles. The van der Waals surface area contributed by atoms with Gasteiger partial charge in [-0.3, -0.25) is 9.69 Å². The third-order valence-corrected chi connectivity index (χ3v) is 7.25. The van der Waals surface area contributed by atoms with Crippen LogP contribution in [0.2, 0.25) is 0 Å². The quantitative estimate of drug-likeness (QED) is 0.661. The van der Waals surface area contributed by atoms with Gasteiger partial charge in [0.05, 0.1) is 23.9 Å². The number of amides is 1. The molecular weight excluding hydrogens is 412 g/mol. The number of anilines is 1. The number of carbonyl (C=O) groups is 1. The summed E-state index contributed by atoms with van der Waals surface area (Å²) in [7, 11) is -3.52. The highest BCUT2D eigenvalue weighted by molar-refractivity contribution is 7.89. The average Bonchev–Trinajstić information content (AvgIpc) is 2.74. The van der Waals surface area contributed by atoms with Crippen molar-refractivity contribution in [1.82, 2.24) is 9.21 Å². The third kappa shape index (κ3) is 5.70. The smallest absolute Gasteiger partial charge is 0.243 e. The number of nitriles is 1. The summed E-state index contributed by atoms with van der Waals surface area (Å²) in [4.78, 5) is 17.0. The standard InChI is InChI=1S/C23H28N4O3S/c1-19-15-20(2)17-21(16-19)27(10-6-9-24)23(28)18-25-11-13-26(14-12-25)31(29,30)22-7-4-3-5-8-22/h3-5,7-8,15-17H,6,10-14,18H2,1-2H3. The molecule has 0 aromatic heterocycles. The summed E-state index contributed by atoms with van der Waals surface area (Å²) in [6.07, 6.45) is 0.252. The zero-order valence-electron chi connectivity index (χ0n) is 18.0. The second kappa shape index (κ2) is 10.1. The second-order valence-corrected chi connectivity index (χ2v) is 9.73. The van der Waals surface area contributed by atoms with Gasteiger partial charge in [0.1, 0.15) is 0 Å². The molecule has 1 saturated heterocycles. The first kappa shape index (κ1) is 22.9. The van der Waals surface area contributed by atoms with Gasteiger partial charge in [0, 0.05) is 38.4 Å². The van der Waals surface area contributed by atoms with Gasteiger partial charge in [0.15, 0.2) is 0 Å². The van der Waals surface area contributed by atoms with E-state index in [1.54, 1.807) is 35.2 Å². The van der Waals surface area contributed by atoms with E-state index in [0.717, 1.165) is 16.8 Å². The van der Waals surface area contributed by atoms with Gasteiger partial charge in [-0.15, -0.1) is 0 Å². The molecule has 164 valence electrons. The largest absolute Gasteiger partial charge is 0.310 e. The monoisotopic (exact) mass is 440 g/mol. The highest BCUT2D eigenvalue weighted by Crippen LogP contribution is 2.21. The summed E-state index contributed by atoms with van der Waals surface area (Å²) in [6.45, 7) is 6.13. The summed E-state index contributed by atoms with van der Waals surface area (Å²) < 4.78 is 27.1. The molecule has 31 heavy (non-hydrogen) atoms. The van der Waals surface area contributed by atoms with Crippen LogP contribution in [-0.2, 0) is 14.8 Å². The lowest BCUT2D eigenvalue weighted by Crippen LogP contribution is -2.51. The van der Waals surface area contributed by atoms with Crippen LogP contribution in [0, 0.1) is 25.2 Å². The maximum Gasteiger partial charge on any atom is 0.243 e. The van der Waals surface area contributed by atoms with E-state index in [0.29, 0.717) is 32.7 Å². The first-order chi connectivity index (χ1) is 14.8. The molecule has 0 unspecified atom stereocenters. The molecule has 1 aliphatic heterocycles. The van der Waals surface area contributed by atoms with Crippen LogP contribution < -0.4 is 4.90 Å². The Bertz CT molecular complexity index is 1040. The van der Waals surface area contributed by atoms with Crippen molar-refractivity contribution in [1.29, 1.82) is 5.26 Å². The Morgan fingerprint density at radius 3 is 2.23 bits per heavy atom. The van der Waals surface area contributed by atoms with Crippen molar-refractivity contribution in [3.05, 3.63) is 59.7 Å². The van der Waals surface area contributed by atoms with Crippen LogP contribution in [0.5, 0.6) is 0 Å². The lowest BCUT2D eigenvalue weighted by Gasteiger charge is -2.34. The number of piperazine rings is 1. The van der Waals surface area contributed by atoms with E-state index in [1.165, 1.54) is 4.31 Å². The van der Waals surface area contributed by atoms with Gasteiger partial charge in [-0.1, -0.05) is 24.3 Å². The number of hydrogen-bond donors (Lipinski definition) is 0. The van der Waals surface area contributed by atoms with Crippen molar-refractivity contribution < 1.29 is 13.2 Å². The fourth-order valence-corrected chi connectivity index (χ4v) is 5.26. The van der Waals surface area contributed by atoms with Gasteiger partial charge in [-0.25, -0.2) is 8.42 Å². The summed E-state index contributed by atoms with van der Waals surface area (Å²) in [5, 5.41) is 9.01. The molecule has 1 fully saturated rings. The number of hydrogen-bond acceptors (Lipinski definition) is 5. The molecule has 8 heteroatoms. The molecule has 7 nitrogen and oxygen atoms in total. The SMILES string of the molecule is Cc1cc(C)cc(N(CCC#N)C(=O)CN2CCN(S(=O)(=O)c3ccccc3)CC2)c1. The van der Waals surface area contributed by atoms with E-state index in [1.807, 2.05) is 36.9 Å². The molecule has 1 aliphatic rings. The van der Waals surface area contributed by atoms with Crippen molar-refractivity contribution >= 4 is 21.6 Å². The Labute approximate surface area is 184 Å².